The fraction of sp³-hybridized carbons (Fsp3) is 0.923. The molecule has 7 atom stereocenters. The molecule has 0 aliphatic heterocycles. The Kier molecular flexibility index (Phi) is 1.79. The maximum atomic E-state index is 13.2. The molecule has 3 N–H and O–H groups in total. The van der Waals surface area contributed by atoms with Gasteiger partial charge in [0.2, 0.25) is 6.43 Å². The first kappa shape index (κ1) is 11.1. The van der Waals surface area contributed by atoms with Gasteiger partial charge in [-0.25, -0.2) is 8.78 Å². The summed E-state index contributed by atoms with van der Waals surface area (Å²) in [5, 5.41) is 9.07. The van der Waals surface area contributed by atoms with E-state index in [0.717, 1.165) is 19.3 Å². The van der Waals surface area contributed by atoms with Crippen molar-refractivity contribution < 1.29 is 18.7 Å². The average molecular weight is 257 g/mol. The van der Waals surface area contributed by atoms with Crippen molar-refractivity contribution in [2.24, 2.45) is 40.2 Å². The first-order valence-corrected chi connectivity index (χ1v) is 6.72. The Labute approximate surface area is 104 Å². The Hall–Kier alpha value is -0.710. The molecule has 100 valence electrons. The summed E-state index contributed by atoms with van der Waals surface area (Å²) in [6, 6.07) is -0.154. The quantitative estimate of drug-likeness (QED) is 0.809. The molecular weight excluding hydrogens is 240 g/mol. The Morgan fingerprint density at radius 2 is 2.22 bits per heavy atom. The molecule has 18 heavy (non-hydrogen) atoms. The molecule has 4 saturated carbocycles. The molecule has 4 aliphatic rings. The molecule has 0 radical (unpaired) electrons. The summed E-state index contributed by atoms with van der Waals surface area (Å²) in [5.41, 5.74) is 5.59. The zero-order chi connectivity index (χ0) is 12.9. The van der Waals surface area contributed by atoms with Crippen LogP contribution < -0.4 is 5.73 Å². The van der Waals surface area contributed by atoms with Crippen molar-refractivity contribution in [3.8, 4) is 0 Å². The van der Waals surface area contributed by atoms with E-state index < -0.39 is 18.3 Å². The van der Waals surface area contributed by atoms with Crippen LogP contribution >= 0.6 is 0 Å². The lowest BCUT2D eigenvalue weighted by Crippen LogP contribution is -2.50. The highest BCUT2D eigenvalue weighted by atomic mass is 19.3. The van der Waals surface area contributed by atoms with Gasteiger partial charge in [-0.1, -0.05) is 0 Å². The number of carbonyl (C=O) groups is 1. The maximum absolute atomic E-state index is 13.2. The molecular formula is C13H17F2NO2. The van der Waals surface area contributed by atoms with E-state index in [4.69, 9.17) is 10.8 Å². The highest BCUT2D eigenvalue weighted by Crippen LogP contribution is 2.92. The molecule has 0 aromatic carbocycles. The van der Waals surface area contributed by atoms with Gasteiger partial charge >= 0.3 is 5.97 Å². The highest BCUT2D eigenvalue weighted by molar-refractivity contribution is 5.71. The lowest BCUT2D eigenvalue weighted by molar-refractivity contribution is -0.146. The van der Waals surface area contributed by atoms with Gasteiger partial charge in [-0.2, -0.15) is 0 Å². The molecule has 0 amide bonds. The Balaban J connectivity index is 1.73. The molecule has 0 saturated heterocycles. The Morgan fingerprint density at radius 3 is 2.83 bits per heavy atom. The number of carboxylic acids is 1. The third-order valence-corrected chi connectivity index (χ3v) is 6.76. The highest BCUT2D eigenvalue weighted by Gasteiger charge is 2.93. The normalized spacial score (nSPS) is 59.2. The van der Waals surface area contributed by atoms with Crippen molar-refractivity contribution in [2.75, 3.05) is 0 Å². The molecule has 4 fully saturated rings. The molecule has 3 nitrogen and oxygen atoms in total. The second-order valence-electron chi connectivity index (χ2n) is 6.71. The number of rotatable bonds is 3. The van der Waals surface area contributed by atoms with Crippen LogP contribution in [0.5, 0.6) is 0 Å². The van der Waals surface area contributed by atoms with E-state index in [2.05, 4.69) is 0 Å². The van der Waals surface area contributed by atoms with E-state index in [1.165, 1.54) is 0 Å². The van der Waals surface area contributed by atoms with E-state index in [1.54, 1.807) is 0 Å². The zero-order valence-electron chi connectivity index (χ0n) is 9.98. The lowest BCUT2D eigenvalue weighted by Gasteiger charge is -2.51. The number of halogens is 2. The second-order valence-corrected chi connectivity index (χ2v) is 6.71. The molecule has 0 aromatic heterocycles. The van der Waals surface area contributed by atoms with Gasteiger partial charge in [0.15, 0.2) is 0 Å². The van der Waals surface area contributed by atoms with Gasteiger partial charge in [-0.15, -0.1) is 0 Å². The number of hydrogen-bond acceptors (Lipinski definition) is 2. The number of fused-ring (bicyclic) bond motifs is 2. The largest absolute Gasteiger partial charge is 0.481 e. The maximum Gasteiger partial charge on any atom is 0.304 e. The monoisotopic (exact) mass is 257 g/mol. The molecule has 1 spiro atoms. The minimum atomic E-state index is -2.27. The topological polar surface area (TPSA) is 63.3 Å². The summed E-state index contributed by atoms with van der Waals surface area (Å²) in [5.74, 6) is -1.08. The van der Waals surface area contributed by atoms with Crippen molar-refractivity contribution >= 4 is 5.97 Å². The predicted molar refractivity (Wildman–Crippen MR) is 58.9 cm³/mol. The number of alkyl halides is 2. The minimum Gasteiger partial charge on any atom is -0.481 e. The third-order valence-electron chi connectivity index (χ3n) is 6.76. The van der Waals surface area contributed by atoms with Crippen LogP contribution in [-0.2, 0) is 4.79 Å². The van der Waals surface area contributed by atoms with Gasteiger partial charge in [-0.05, 0) is 42.4 Å². The van der Waals surface area contributed by atoms with E-state index in [-0.39, 0.29) is 41.0 Å². The van der Waals surface area contributed by atoms with Crippen molar-refractivity contribution in [1.82, 2.24) is 0 Å². The summed E-state index contributed by atoms with van der Waals surface area (Å²) < 4.78 is 26.4. The molecule has 2 bridgehead atoms. The first-order chi connectivity index (χ1) is 8.46. The standard InChI is InChI=1S/C13H17F2NO2/c14-10(15)8-5-1-2-12-9(8)6(3-5)13(12,11(12)16)4-7(17)18/h5-6,8-11H,1-4,16H2,(H,17,18)/t5-,6+,8+,9+,11?,12?,13+/m1/s1. The summed E-state index contributed by atoms with van der Waals surface area (Å²) in [6.45, 7) is 0. The third kappa shape index (κ3) is 0.831. The second kappa shape index (κ2) is 2.89. The minimum absolute atomic E-state index is 0.00519. The molecule has 2 unspecified atom stereocenters. The van der Waals surface area contributed by atoms with Gasteiger partial charge < -0.3 is 10.8 Å². The van der Waals surface area contributed by atoms with E-state index in [0.29, 0.717) is 0 Å². The fourth-order valence-electron chi connectivity index (χ4n) is 6.42. The van der Waals surface area contributed by atoms with E-state index >= 15 is 0 Å². The number of nitrogens with two attached hydrogens (primary N) is 1. The molecule has 0 aromatic rings. The molecule has 4 rings (SSSR count). The molecule has 5 heteroatoms. The Bertz CT molecular complexity index is 443. The predicted octanol–water partition coefficient (Wildman–Crippen LogP) is 1.72. The van der Waals surface area contributed by atoms with E-state index in [9.17, 15) is 13.6 Å². The SMILES string of the molecule is NC1C23CC[C@@H]4C[C@@H]([C@H]2[C@H]4C(F)F)[C@@]13CC(=O)O. The van der Waals surface area contributed by atoms with Crippen LogP contribution in [0, 0.1) is 34.5 Å². The van der Waals surface area contributed by atoms with Gasteiger partial charge in [-0.3, -0.25) is 4.79 Å². The van der Waals surface area contributed by atoms with Crippen LogP contribution in [0.15, 0.2) is 0 Å². The first-order valence-electron chi connectivity index (χ1n) is 6.72. The smallest absolute Gasteiger partial charge is 0.304 e. The van der Waals surface area contributed by atoms with Crippen molar-refractivity contribution in [2.45, 2.75) is 38.2 Å². The number of carboxylic acid groups (broad SMARTS) is 1. The van der Waals surface area contributed by atoms with Crippen LogP contribution in [0.25, 0.3) is 0 Å². The summed E-state index contributed by atoms with van der Waals surface area (Å²) in [4.78, 5) is 11.1. The fourth-order valence-corrected chi connectivity index (χ4v) is 6.42. The lowest BCUT2D eigenvalue weighted by atomic mass is 9.52. The van der Waals surface area contributed by atoms with Gasteiger partial charge in [0.1, 0.15) is 0 Å². The van der Waals surface area contributed by atoms with Gasteiger partial charge in [0, 0.05) is 17.4 Å². The van der Waals surface area contributed by atoms with E-state index in [1.807, 2.05) is 0 Å². The van der Waals surface area contributed by atoms with Gasteiger partial charge in [0.25, 0.3) is 0 Å². The average Bonchev–Trinajstić information content (AvgIpc) is 2.60. The van der Waals surface area contributed by atoms with Gasteiger partial charge in [0.05, 0.1) is 6.42 Å². The molecule has 4 aliphatic carbocycles. The number of hydrogen-bond donors (Lipinski definition) is 2. The van der Waals surface area contributed by atoms with Crippen LogP contribution in [0.4, 0.5) is 8.78 Å². The van der Waals surface area contributed by atoms with Crippen LogP contribution in [0.2, 0.25) is 0 Å². The molecule has 0 heterocycles. The summed E-state index contributed by atoms with van der Waals surface area (Å²) >= 11 is 0. The van der Waals surface area contributed by atoms with Crippen molar-refractivity contribution in [1.29, 1.82) is 0 Å². The summed E-state index contributed by atoms with van der Waals surface area (Å²) in [7, 11) is 0. The number of aliphatic carboxylic acids is 1. The van der Waals surface area contributed by atoms with Crippen molar-refractivity contribution in [3.63, 3.8) is 0 Å². The van der Waals surface area contributed by atoms with Crippen LogP contribution in [0.1, 0.15) is 25.7 Å². The van der Waals surface area contributed by atoms with Crippen molar-refractivity contribution in [3.05, 3.63) is 0 Å². The zero-order valence-corrected chi connectivity index (χ0v) is 9.98. The Morgan fingerprint density at radius 1 is 1.50 bits per heavy atom. The summed E-state index contributed by atoms with van der Waals surface area (Å²) in [6.07, 6.45) is 0.284. The van der Waals surface area contributed by atoms with Crippen LogP contribution in [0.3, 0.4) is 0 Å². The van der Waals surface area contributed by atoms with Crippen LogP contribution in [-0.4, -0.2) is 23.5 Å².